The van der Waals surface area contributed by atoms with E-state index in [4.69, 9.17) is 0 Å². The molecule has 1 rings (SSSR count). The van der Waals surface area contributed by atoms with E-state index in [2.05, 4.69) is 11.9 Å². The number of anilines is 1. The molecule has 0 saturated heterocycles. The number of carboxylic acids is 1. The maximum Gasteiger partial charge on any atom is 0.337 e. The number of carboxylic acid groups (broad SMARTS) is 1. The highest BCUT2D eigenvalue weighted by Gasteiger charge is 2.17. The molecule has 0 spiro atoms. The van der Waals surface area contributed by atoms with Crippen LogP contribution in [0.1, 0.15) is 28.4 Å². The summed E-state index contributed by atoms with van der Waals surface area (Å²) in [7, 11) is 1.63. The molecular weight excluding hydrogens is 256 g/mol. The normalized spacial score (nSPS) is 10.0. The number of benzene rings is 1. The van der Waals surface area contributed by atoms with Gasteiger partial charge in [-0.15, -0.1) is 0 Å². The van der Waals surface area contributed by atoms with E-state index in [0.717, 1.165) is 16.7 Å². The van der Waals surface area contributed by atoms with Crippen LogP contribution in [0.3, 0.4) is 0 Å². The summed E-state index contributed by atoms with van der Waals surface area (Å²) in [6, 6.07) is 3.02. The quantitative estimate of drug-likeness (QED) is 0.830. The van der Waals surface area contributed by atoms with E-state index < -0.39 is 5.97 Å². The van der Waals surface area contributed by atoms with Gasteiger partial charge in [-0.2, -0.15) is 0 Å². The number of nitrogens with zero attached hydrogens (tertiary/aromatic N) is 1. The van der Waals surface area contributed by atoms with Crippen LogP contribution >= 0.6 is 0 Å². The van der Waals surface area contributed by atoms with Gasteiger partial charge in [-0.3, -0.25) is 0 Å². The zero-order valence-electron chi connectivity index (χ0n) is 12.3. The topological polar surface area (TPSA) is 69.6 Å². The highest BCUT2D eigenvalue weighted by molar-refractivity contribution is 6.01. The van der Waals surface area contributed by atoms with Crippen LogP contribution in [0.5, 0.6) is 0 Å². The van der Waals surface area contributed by atoms with Crippen LogP contribution in [0.2, 0.25) is 0 Å². The van der Waals surface area contributed by atoms with Crippen LogP contribution in [-0.4, -0.2) is 35.6 Å². The van der Waals surface area contributed by atoms with Gasteiger partial charge in [0.15, 0.2) is 0 Å². The fraction of sp³-hybridized carbons (Fsp3) is 0.333. The average Bonchev–Trinajstić information content (AvgIpc) is 2.30. The van der Waals surface area contributed by atoms with E-state index in [9.17, 15) is 14.7 Å². The summed E-state index contributed by atoms with van der Waals surface area (Å²) >= 11 is 0. The van der Waals surface area contributed by atoms with Gasteiger partial charge in [0.25, 0.3) is 0 Å². The van der Waals surface area contributed by atoms with Crippen molar-refractivity contribution in [1.29, 1.82) is 0 Å². The molecule has 0 aliphatic rings. The molecule has 2 amide bonds. The fourth-order valence-electron chi connectivity index (χ4n) is 1.98. The van der Waals surface area contributed by atoms with E-state index in [1.165, 1.54) is 4.90 Å². The summed E-state index contributed by atoms with van der Waals surface area (Å²) < 4.78 is 0. The number of rotatable bonds is 4. The molecule has 0 bridgehead atoms. The van der Waals surface area contributed by atoms with Gasteiger partial charge >= 0.3 is 12.0 Å². The van der Waals surface area contributed by atoms with Crippen LogP contribution in [0.25, 0.3) is 0 Å². The van der Waals surface area contributed by atoms with Crippen molar-refractivity contribution in [1.82, 2.24) is 4.90 Å². The molecular formula is C15H20N2O3. The average molecular weight is 276 g/mol. The first-order valence-electron chi connectivity index (χ1n) is 6.23. The van der Waals surface area contributed by atoms with Crippen LogP contribution in [0.4, 0.5) is 10.5 Å². The Kier molecular flexibility index (Phi) is 4.91. The van der Waals surface area contributed by atoms with E-state index in [1.54, 1.807) is 20.0 Å². The number of hydrogen-bond acceptors (Lipinski definition) is 2. The van der Waals surface area contributed by atoms with Crippen molar-refractivity contribution in [3.63, 3.8) is 0 Å². The fourth-order valence-corrected chi connectivity index (χ4v) is 1.98. The molecule has 0 aliphatic heterocycles. The number of aryl methyl sites for hydroxylation is 2. The highest BCUT2D eigenvalue weighted by Crippen LogP contribution is 2.23. The zero-order valence-corrected chi connectivity index (χ0v) is 12.3. The number of carbonyl (C=O) groups is 2. The summed E-state index contributed by atoms with van der Waals surface area (Å²) in [5.41, 5.74) is 2.84. The van der Waals surface area contributed by atoms with E-state index in [-0.39, 0.29) is 11.6 Å². The van der Waals surface area contributed by atoms with Gasteiger partial charge < -0.3 is 15.3 Å². The minimum absolute atomic E-state index is 0.0968. The zero-order chi connectivity index (χ0) is 15.4. The van der Waals surface area contributed by atoms with Gasteiger partial charge in [-0.1, -0.05) is 18.2 Å². The molecule has 0 unspecified atom stereocenters. The lowest BCUT2D eigenvalue weighted by Gasteiger charge is -2.20. The Bertz CT molecular complexity index is 564. The number of urea groups is 1. The van der Waals surface area contributed by atoms with Crippen molar-refractivity contribution in [2.45, 2.75) is 20.8 Å². The van der Waals surface area contributed by atoms with Gasteiger partial charge in [0.1, 0.15) is 0 Å². The molecule has 5 heteroatoms. The summed E-state index contributed by atoms with van der Waals surface area (Å²) in [5, 5.41) is 11.9. The third-order valence-corrected chi connectivity index (χ3v) is 2.80. The van der Waals surface area contributed by atoms with Crippen molar-refractivity contribution in [2.24, 2.45) is 0 Å². The van der Waals surface area contributed by atoms with Gasteiger partial charge in [-0.05, 0) is 38.0 Å². The molecule has 1 aromatic rings. The molecule has 0 aromatic heterocycles. The molecule has 20 heavy (non-hydrogen) atoms. The predicted octanol–water partition coefficient (Wildman–Crippen LogP) is 3.04. The third-order valence-electron chi connectivity index (χ3n) is 2.80. The lowest BCUT2D eigenvalue weighted by atomic mass is 10.0. The molecule has 0 radical (unpaired) electrons. The number of hydrogen-bond donors (Lipinski definition) is 2. The lowest BCUT2D eigenvalue weighted by molar-refractivity contribution is 0.0698. The summed E-state index contributed by atoms with van der Waals surface area (Å²) in [4.78, 5) is 24.8. The number of likely N-dealkylation sites (N-methyl/N-ethyl adjacent to an activating group) is 1. The smallest absolute Gasteiger partial charge is 0.337 e. The van der Waals surface area contributed by atoms with Crippen molar-refractivity contribution in [3.05, 3.63) is 41.0 Å². The second kappa shape index (κ2) is 6.23. The largest absolute Gasteiger partial charge is 0.478 e. The molecule has 108 valence electrons. The number of aromatic carboxylic acids is 1. The Morgan fingerprint density at radius 2 is 1.95 bits per heavy atom. The second-order valence-electron chi connectivity index (χ2n) is 5.05. The van der Waals surface area contributed by atoms with Gasteiger partial charge in [0.05, 0.1) is 11.3 Å². The SMILES string of the molecule is C=C(C)CN(C)C(=O)Nc1c(C)cc(C)cc1C(=O)O. The first-order valence-corrected chi connectivity index (χ1v) is 6.23. The maximum absolute atomic E-state index is 12.0. The minimum atomic E-state index is -1.06. The van der Waals surface area contributed by atoms with Crippen molar-refractivity contribution < 1.29 is 14.7 Å². The Labute approximate surface area is 118 Å². The highest BCUT2D eigenvalue weighted by atomic mass is 16.4. The first-order chi connectivity index (χ1) is 9.22. The van der Waals surface area contributed by atoms with Gasteiger partial charge in [0, 0.05) is 13.6 Å². The predicted molar refractivity (Wildman–Crippen MR) is 79.3 cm³/mol. The summed E-state index contributed by atoms with van der Waals surface area (Å²) in [6.07, 6.45) is 0. The minimum Gasteiger partial charge on any atom is -0.478 e. The Balaban J connectivity index is 3.05. The molecule has 0 saturated carbocycles. The number of nitrogens with one attached hydrogen (secondary N) is 1. The Morgan fingerprint density at radius 3 is 2.45 bits per heavy atom. The molecule has 0 atom stereocenters. The van der Waals surface area contributed by atoms with E-state index in [0.29, 0.717) is 12.2 Å². The van der Waals surface area contributed by atoms with Crippen LogP contribution in [0, 0.1) is 13.8 Å². The Hall–Kier alpha value is -2.30. The molecule has 2 N–H and O–H groups in total. The third kappa shape index (κ3) is 3.85. The van der Waals surface area contributed by atoms with E-state index >= 15 is 0 Å². The van der Waals surface area contributed by atoms with Crippen molar-refractivity contribution in [3.8, 4) is 0 Å². The molecule has 0 aliphatic carbocycles. The van der Waals surface area contributed by atoms with Gasteiger partial charge in [-0.25, -0.2) is 9.59 Å². The standard InChI is InChI=1S/C15H20N2O3/c1-9(2)8-17(5)15(20)16-13-11(4)6-10(3)7-12(13)14(18)19/h6-7H,1,8H2,2-5H3,(H,16,20)(H,18,19). The molecule has 1 aromatic carbocycles. The maximum atomic E-state index is 12.0. The van der Waals surface area contributed by atoms with Crippen LogP contribution in [0.15, 0.2) is 24.3 Å². The van der Waals surface area contributed by atoms with Crippen molar-refractivity contribution in [2.75, 3.05) is 18.9 Å². The number of amides is 2. The lowest BCUT2D eigenvalue weighted by Crippen LogP contribution is -2.33. The van der Waals surface area contributed by atoms with Crippen LogP contribution in [-0.2, 0) is 0 Å². The molecule has 5 nitrogen and oxygen atoms in total. The number of carbonyl (C=O) groups excluding carboxylic acids is 1. The van der Waals surface area contributed by atoms with E-state index in [1.807, 2.05) is 19.9 Å². The second-order valence-corrected chi connectivity index (χ2v) is 5.05. The first kappa shape index (κ1) is 15.8. The Morgan fingerprint density at radius 1 is 1.35 bits per heavy atom. The molecule has 0 heterocycles. The van der Waals surface area contributed by atoms with Gasteiger partial charge in [0.2, 0.25) is 0 Å². The summed E-state index contributed by atoms with van der Waals surface area (Å²) in [5.74, 6) is -1.06. The summed E-state index contributed by atoms with van der Waals surface area (Å²) in [6.45, 7) is 9.57. The van der Waals surface area contributed by atoms with Crippen molar-refractivity contribution >= 4 is 17.7 Å². The molecule has 0 fully saturated rings. The monoisotopic (exact) mass is 276 g/mol. The van der Waals surface area contributed by atoms with Crippen LogP contribution < -0.4 is 5.32 Å².